The van der Waals surface area contributed by atoms with E-state index in [4.69, 9.17) is 4.74 Å². The Labute approximate surface area is 115 Å². The van der Waals surface area contributed by atoms with Crippen molar-refractivity contribution in [3.8, 4) is 5.88 Å². The molecule has 7 heteroatoms. The van der Waals surface area contributed by atoms with Gasteiger partial charge in [-0.05, 0) is 6.07 Å². The molecule has 0 bridgehead atoms. The highest BCUT2D eigenvalue weighted by molar-refractivity contribution is 7.95. The third kappa shape index (κ3) is 2.41. The van der Waals surface area contributed by atoms with Crippen LogP contribution >= 0.6 is 12.1 Å². The number of ether oxygens (including phenoxy) is 1. The van der Waals surface area contributed by atoms with Gasteiger partial charge in [0.15, 0.2) is 5.82 Å². The fourth-order valence-corrected chi connectivity index (χ4v) is 3.13. The van der Waals surface area contributed by atoms with Gasteiger partial charge in [0, 0.05) is 44.5 Å². The molecule has 1 N–H and O–H groups in total. The molecule has 1 aliphatic rings. The fourth-order valence-electron chi connectivity index (χ4n) is 2.15. The molecule has 3 heterocycles. The normalized spacial score (nSPS) is 16.9. The minimum absolute atomic E-state index is 0.303. The van der Waals surface area contributed by atoms with Gasteiger partial charge in [-0.3, -0.25) is 3.97 Å². The van der Waals surface area contributed by atoms with Crippen molar-refractivity contribution >= 4 is 23.0 Å². The van der Waals surface area contributed by atoms with Gasteiger partial charge in [0.05, 0.1) is 24.2 Å². The van der Waals surface area contributed by atoms with E-state index in [0.717, 1.165) is 31.7 Å². The van der Waals surface area contributed by atoms with Gasteiger partial charge in [0.2, 0.25) is 5.88 Å². The lowest BCUT2D eigenvalue weighted by Gasteiger charge is -2.25. The number of piperazine rings is 1. The Morgan fingerprint density at radius 3 is 2.95 bits per heavy atom. The second kappa shape index (κ2) is 5.36. The van der Waals surface area contributed by atoms with Gasteiger partial charge in [-0.1, -0.05) is 0 Å². The second-order valence-electron chi connectivity index (χ2n) is 4.28. The van der Waals surface area contributed by atoms with Crippen LogP contribution in [0, 0.1) is 5.82 Å². The molecule has 5 nitrogen and oxygen atoms in total. The largest absolute Gasteiger partial charge is 0.480 e. The summed E-state index contributed by atoms with van der Waals surface area (Å²) in [7, 11) is 1.50. The molecule has 0 radical (unpaired) electrons. The topological polar surface area (TPSA) is 42.3 Å². The molecule has 0 spiro atoms. The van der Waals surface area contributed by atoms with E-state index < -0.39 is 0 Å². The summed E-state index contributed by atoms with van der Waals surface area (Å²) in [6, 6.07) is 1.80. The first kappa shape index (κ1) is 12.7. The summed E-state index contributed by atoms with van der Waals surface area (Å²) in [6.07, 6.45) is 3.12. The molecule has 0 atom stereocenters. The zero-order chi connectivity index (χ0) is 13.2. The van der Waals surface area contributed by atoms with Crippen molar-refractivity contribution in [2.24, 2.45) is 0 Å². The number of methoxy groups -OCH3 is 1. The Balaban J connectivity index is 1.95. The van der Waals surface area contributed by atoms with Crippen molar-refractivity contribution < 1.29 is 9.13 Å². The van der Waals surface area contributed by atoms with Gasteiger partial charge in [-0.2, -0.15) is 0 Å². The van der Waals surface area contributed by atoms with Crippen LogP contribution in [0.5, 0.6) is 5.88 Å². The van der Waals surface area contributed by atoms with Gasteiger partial charge >= 0.3 is 0 Å². The van der Waals surface area contributed by atoms with Gasteiger partial charge in [-0.25, -0.2) is 13.7 Å². The van der Waals surface area contributed by atoms with Gasteiger partial charge in [0.25, 0.3) is 0 Å². The van der Waals surface area contributed by atoms with Crippen molar-refractivity contribution in [2.75, 3.05) is 33.3 Å². The molecule has 0 aliphatic carbocycles. The van der Waals surface area contributed by atoms with E-state index in [0.29, 0.717) is 11.3 Å². The third-order valence-corrected chi connectivity index (χ3v) is 4.15. The number of hydrogen-bond acceptors (Lipinski definition) is 5. The van der Waals surface area contributed by atoms with E-state index in [1.54, 1.807) is 12.3 Å². The molecule has 2 aromatic heterocycles. The smallest absolute Gasteiger partial charge is 0.225 e. The summed E-state index contributed by atoms with van der Waals surface area (Å²) in [5.74, 6) is 0.0252. The molecule has 19 heavy (non-hydrogen) atoms. The summed E-state index contributed by atoms with van der Waals surface area (Å²) in [6.45, 7) is 3.79. The molecular weight excluding hydrogens is 267 g/mol. The lowest BCUT2D eigenvalue weighted by atomic mass is 10.3. The van der Waals surface area contributed by atoms with Gasteiger partial charge in [-0.15, -0.1) is 0 Å². The standard InChI is InChI=1S/C12H15FN4OS/c1-18-12-11-9(13)8-17(10(11)2-3-15-12)19-16-6-4-14-5-7-16/h2-3,8,14H,4-7H2,1H3. The zero-order valence-corrected chi connectivity index (χ0v) is 11.4. The number of rotatable bonds is 3. The maximum atomic E-state index is 14.0. The van der Waals surface area contributed by atoms with Crippen LogP contribution in [0.15, 0.2) is 18.5 Å². The zero-order valence-electron chi connectivity index (χ0n) is 10.6. The SMILES string of the molecule is COc1nccc2c1c(F)cn2SN1CCNCC1. The number of aromatic nitrogens is 2. The van der Waals surface area contributed by atoms with E-state index in [1.807, 2.05) is 3.97 Å². The molecule has 0 unspecified atom stereocenters. The summed E-state index contributed by atoms with van der Waals surface area (Å²) >= 11 is 1.52. The van der Waals surface area contributed by atoms with E-state index in [-0.39, 0.29) is 5.82 Å². The maximum Gasteiger partial charge on any atom is 0.225 e. The summed E-state index contributed by atoms with van der Waals surface area (Å²) in [5, 5.41) is 3.73. The molecule has 0 amide bonds. The summed E-state index contributed by atoms with van der Waals surface area (Å²) in [4.78, 5) is 4.04. The highest BCUT2D eigenvalue weighted by Gasteiger charge is 2.17. The lowest BCUT2D eigenvalue weighted by Crippen LogP contribution is -2.40. The summed E-state index contributed by atoms with van der Waals surface area (Å²) < 4.78 is 23.2. The van der Waals surface area contributed by atoms with Crippen molar-refractivity contribution in [3.63, 3.8) is 0 Å². The predicted molar refractivity (Wildman–Crippen MR) is 73.7 cm³/mol. The Morgan fingerprint density at radius 2 is 2.21 bits per heavy atom. The summed E-state index contributed by atoms with van der Waals surface area (Å²) in [5.41, 5.74) is 0.785. The molecule has 0 saturated carbocycles. The second-order valence-corrected chi connectivity index (χ2v) is 5.35. The first-order chi connectivity index (χ1) is 9.29. The van der Waals surface area contributed by atoms with Crippen LogP contribution in [-0.4, -0.2) is 46.6 Å². The highest BCUT2D eigenvalue weighted by Crippen LogP contribution is 2.31. The number of pyridine rings is 1. The van der Waals surface area contributed by atoms with Crippen LogP contribution in [0.3, 0.4) is 0 Å². The molecule has 1 saturated heterocycles. The van der Waals surface area contributed by atoms with Crippen LogP contribution in [0.25, 0.3) is 10.9 Å². The van der Waals surface area contributed by atoms with Crippen molar-refractivity contribution in [2.45, 2.75) is 0 Å². The first-order valence-corrected chi connectivity index (χ1v) is 6.86. The first-order valence-electron chi connectivity index (χ1n) is 6.13. The van der Waals surface area contributed by atoms with Crippen molar-refractivity contribution in [1.82, 2.24) is 18.6 Å². The Bertz CT molecular complexity index is 582. The number of fused-ring (bicyclic) bond motifs is 1. The van der Waals surface area contributed by atoms with Gasteiger partial charge in [0.1, 0.15) is 0 Å². The van der Waals surface area contributed by atoms with E-state index >= 15 is 0 Å². The van der Waals surface area contributed by atoms with E-state index in [2.05, 4.69) is 14.6 Å². The van der Waals surface area contributed by atoms with Gasteiger partial charge < -0.3 is 10.1 Å². The minimum atomic E-state index is -0.303. The molecule has 102 valence electrons. The van der Waals surface area contributed by atoms with E-state index in [1.165, 1.54) is 25.4 Å². The van der Waals surface area contributed by atoms with Crippen LogP contribution in [-0.2, 0) is 0 Å². The molecule has 0 aromatic carbocycles. The average molecular weight is 282 g/mol. The van der Waals surface area contributed by atoms with Crippen molar-refractivity contribution in [3.05, 3.63) is 24.3 Å². The molecular formula is C12H15FN4OS. The van der Waals surface area contributed by atoms with E-state index in [9.17, 15) is 4.39 Å². The Kier molecular flexibility index (Phi) is 3.58. The fraction of sp³-hybridized carbons (Fsp3) is 0.417. The number of nitrogens with zero attached hydrogens (tertiary/aromatic N) is 3. The number of hydrogen-bond donors (Lipinski definition) is 1. The number of nitrogens with one attached hydrogen (secondary N) is 1. The van der Waals surface area contributed by atoms with Crippen molar-refractivity contribution in [1.29, 1.82) is 0 Å². The van der Waals surface area contributed by atoms with Crippen LogP contribution in [0.2, 0.25) is 0 Å². The highest BCUT2D eigenvalue weighted by atomic mass is 32.2. The van der Waals surface area contributed by atoms with Crippen LogP contribution in [0.1, 0.15) is 0 Å². The Hall–Kier alpha value is -1.31. The quantitative estimate of drug-likeness (QED) is 0.864. The third-order valence-electron chi connectivity index (χ3n) is 3.07. The number of halogens is 1. The Morgan fingerprint density at radius 1 is 1.42 bits per heavy atom. The average Bonchev–Trinajstić information content (AvgIpc) is 2.77. The monoisotopic (exact) mass is 282 g/mol. The van der Waals surface area contributed by atoms with Crippen LogP contribution in [0.4, 0.5) is 4.39 Å². The maximum absolute atomic E-state index is 14.0. The van der Waals surface area contributed by atoms with Crippen LogP contribution < -0.4 is 10.1 Å². The lowest BCUT2D eigenvalue weighted by molar-refractivity contribution is 0.395. The minimum Gasteiger partial charge on any atom is -0.480 e. The molecule has 3 rings (SSSR count). The predicted octanol–water partition coefficient (Wildman–Crippen LogP) is 1.50. The molecule has 2 aromatic rings. The molecule has 1 aliphatic heterocycles. The molecule has 1 fully saturated rings.